The number of carbonyl (C=O) groups excluding carboxylic acids is 3. The van der Waals surface area contributed by atoms with Crippen molar-refractivity contribution in [1.29, 1.82) is 0 Å². The van der Waals surface area contributed by atoms with Gasteiger partial charge in [-0.2, -0.15) is 0 Å². The van der Waals surface area contributed by atoms with Crippen molar-refractivity contribution in [3.63, 3.8) is 0 Å². The highest BCUT2D eigenvalue weighted by Crippen LogP contribution is 2.00. The predicted octanol–water partition coefficient (Wildman–Crippen LogP) is 0.451. The zero-order valence-corrected chi connectivity index (χ0v) is 16.7. The molecule has 0 aliphatic carbocycles. The number of carbonyl (C=O) groups is 3. The van der Waals surface area contributed by atoms with Crippen molar-refractivity contribution < 1.29 is 43.5 Å². The van der Waals surface area contributed by atoms with Crippen LogP contribution < -0.4 is 0 Å². The average molecular weight is 407 g/mol. The fourth-order valence-corrected chi connectivity index (χ4v) is 1.96. The van der Waals surface area contributed by atoms with E-state index in [0.717, 1.165) is 5.01 Å². The summed E-state index contributed by atoms with van der Waals surface area (Å²) in [5.41, 5.74) is 0. The van der Waals surface area contributed by atoms with Crippen LogP contribution >= 0.6 is 0 Å². The lowest BCUT2D eigenvalue weighted by Gasteiger charge is -2.18. The standard InChI is InChI=1S/C16H29N3O9/c1-5-14(20)12(2)27-10-11-28-15(21)6-7-18(19(24)17-23)8-9-26-13(3)16(22)25-4/h12-13,23H,5-11H2,1-4H3/b19-17-/t12-,13?/m0/s1. The van der Waals surface area contributed by atoms with Crippen molar-refractivity contribution in [3.05, 3.63) is 5.21 Å². The summed E-state index contributed by atoms with van der Waals surface area (Å²) in [6.45, 7) is 4.68. The van der Waals surface area contributed by atoms with Gasteiger partial charge in [0.2, 0.25) is 5.28 Å². The van der Waals surface area contributed by atoms with Gasteiger partial charge in [0.15, 0.2) is 11.9 Å². The summed E-state index contributed by atoms with van der Waals surface area (Å²) in [6.07, 6.45) is -1.19. The van der Waals surface area contributed by atoms with Gasteiger partial charge in [-0.05, 0) is 13.8 Å². The van der Waals surface area contributed by atoms with Crippen molar-refractivity contribution in [2.45, 2.75) is 45.8 Å². The van der Waals surface area contributed by atoms with Crippen molar-refractivity contribution in [3.8, 4) is 0 Å². The van der Waals surface area contributed by atoms with E-state index in [1.165, 1.54) is 14.0 Å². The van der Waals surface area contributed by atoms with E-state index in [-0.39, 0.29) is 50.1 Å². The van der Waals surface area contributed by atoms with Crippen LogP contribution in [0.2, 0.25) is 0 Å². The highest BCUT2D eigenvalue weighted by molar-refractivity contribution is 5.82. The number of esters is 2. The van der Waals surface area contributed by atoms with E-state index in [0.29, 0.717) is 6.42 Å². The van der Waals surface area contributed by atoms with Gasteiger partial charge in [0.1, 0.15) is 19.3 Å². The third-order valence-corrected chi connectivity index (χ3v) is 3.66. The molecule has 0 aromatic carbocycles. The van der Waals surface area contributed by atoms with Gasteiger partial charge < -0.3 is 29.4 Å². The number of hydrogen-bond acceptors (Lipinski definition) is 9. The number of methoxy groups -OCH3 is 1. The smallest absolute Gasteiger partial charge is 0.334 e. The Labute approximate surface area is 163 Å². The Hall–Kier alpha value is -2.47. The van der Waals surface area contributed by atoms with Crippen LogP contribution in [0, 0.1) is 5.21 Å². The molecule has 162 valence electrons. The second-order valence-corrected chi connectivity index (χ2v) is 5.64. The van der Waals surface area contributed by atoms with Crippen LogP contribution in [0.1, 0.15) is 33.6 Å². The molecule has 0 spiro atoms. The zero-order valence-electron chi connectivity index (χ0n) is 16.7. The topological polar surface area (TPSA) is 150 Å². The van der Waals surface area contributed by atoms with E-state index in [1.807, 2.05) is 0 Å². The van der Waals surface area contributed by atoms with Crippen molar-refractivity contribution in [2.75, 3.05) is 40.0 Å². The van der Waals surface area contributed by atoms with Crippen LogP contribution in [0.25, 0.3) is 0 Å². The second kappa shape index (κ2) is 14.6. The van der Waals surface area contributed by atoms with E-state index in [1.54, 1.807) is 13.8 Å². The fourth-order valence-electron chi connectivity index (χ4n) is 1.96. The number of ketones is 1. The van der Waals surface area contributed by atoms with Crippen molar-refractivity contribution in [1.82, 2.24) is 5.01 Å². The summed E-state index contributed by atoms with van der Waals surface area (Å²) >= 11 is 0. The summed E-state index contributed by atoms with van der Waals surface area (Å²) in [4.78, 5) is 34.2. The summed E-state index contributed by atoms with van der Waals surface area (Å²) in [5, 5.41) is 23.6. The quantitative estimate of drug-likeness (QED) is 0.133. The molecule has 0 rings (SSSR count). The Bertz CT molecular complexity index is 527. The fraction of sp³-hybridized carbons (Fsp3) is 0.812. The van der Waals surface area contributed by atoms with Crippen LogP contribution in [-0.4, -0.2) is 85.1 Å². The maximum absolute atomic E-state index is 11.7. The summed E-state index contributed by atoms with van der Waals surface area (Å²) < 4.78 is 19.9. The first-order chi connectivity index (χ1) is 13.3. The Balaban J connectivity index is 4.21. The average Bonchev–Trinajstić information content (AvgIpc) is 2.71. The van der Waals surface area contributed by atoms with Gasteiger partial charge in [0, 0.05) is 6.42 Å². The van der Waals surface area contributed by atoms with E-state index in [9.17, 15) is 19.6 Å². The van der Waals surface area contributed by atoms with E-state index >= 15 is 0 Å². The van der Waals surface area contributed by atoms with Gasteiger partial charge in [-0.3, -0.25) is 9.59 Å². The Morgan fingerprint density at radius 3 is 2.32 bits per heavy atom. The molecule has 12 heteroatoms. The molecule has 12 nitrogen and oxygen atoms in total. The molecule has 2 atom stereocenters. The Morgan fingerprint density at radius 1 is 1.11 bits per heavy atom. The van der Waals surface area contributed by atoms with Crippen LogP contribution in [0.3, 0.4) is 0 Å². The van der Waals surface area contributed by atoms with E-state index in [4.69, 9.17) is 19.4 Å². The first-order valence-electron chi connectivity index (χ1n) is 8.83. The molecule has 28 heavy (non-hydrogen) atoms. The van der Waals surface area contributed by atoms with Gasteiger partial charge in [-0.15, -0.1) is 5.01 Å². The van der Waals surface area contributed by atoms with Crippen LogP contribution in [0.5, 0.6) is 0 Å². The van der Waals surface area contributed by atoms with Crippen LogP contribution in [0.4, 0.5) is 0 Å². The van der Waals surface area contributed by atoms with Gasteiger partial charge in [-0.25, -0.2) is 4.79 Å². The maximum atomic E-state index is 11.7. The number of ether oxygens (including phenoxy) is 4. The van der Waals surface area contributed by atoms with Crippen LogP contribution in [-0.2, 0) is 33.3 Å². The molecule has 0 fully saturated rings. The number of nitrogens with zero attached hydrogens (tertiary/aromatic N) is 3. The van der Waals surface area contributed by atoms with Crippen molar-refractivity contribution in [2.24, 2.45) is 5.28 Å². The minimum Gasteiger partial charge on any atom is -0.569 e. The van der Waals surface area contributed by atoms with Gasteiger partial charge in [-0.1, -0.05) is 6.92 Å². The molecule has 0 aliphatic heterocycles. The SMILES string of the molecule is CCC(=O)[C@H](C)OCCOC(=O)CCN(CCOC(C)C(=O)OC)/[N+]([O-])=N/O. The Kier molecular flexibility index (Phi) is 13.3. The maximum Gasteiger partial charge on any atom is 0.334 e. The lowest BCUT2D eigenvalue weighted by Crippen LogP contribution is -2.37. The predicted molar refractivity (Wildman–Crippen MR) is 93.1 cm³/mol. The zero-order chi connectivity index (χ0) is 21.5. The van der Waals surface area contributed by atoms with E-state index in [2.05, 4.69) is 10.0 Å². The first-order valence-corrected chi connectivity index (χ1v) is 8.83. The minimum atomic E-state index is -0.829. The first kappa shape index (κ1) is 25.5. The molecule has 1 unspecified atom stereocenters. The third-order valence-electron chi connectivity index (χ3n) is 3.66. The molecule has 0 aromatic heterocycles. The van der Waals surface area contributed by atoms with E-state index < -0.39 is 24.1 Å². The molecule has 0 saturated carbocycles. The molecule has 0 saturated heterocycles. The monoisotopic (exact) mass is 407 g/mol. The minimum absolute atomic E-state index is 0.0363. The number of hydrogen-bond donors (Lipinski definition) is 1. The molecule has 1 N–H and O–H groups in total. The lowest BCUT2D eigenvalue weighted by molar-refractivity contribution is -0.709. The molecule has 0 radical (unpaired) electrons. The number of hydrazine groups is 1. The molecular weight excluding hydrogens is 378 g/mol. The molecule has 0 amide bonds. The molecule has 0 heterocycles. The van der Waals surface area contributed by atoms with Gasteiger partial charge >= 0.3 is 11.9 Å². The molecule has 0 bridgehead atoms. The third kappa shape index (κ3) is 10.6. The highest BCUT2D eigenvalue weighted by Gasteiger charge is 2.19. The molecule has 0 aromatic rings. The van der Waals surface area contributed by atoms with Gasteiger partial charge in [0.25, 0.3) is 0 Å². The second-order valence-electron chi connectivity index (χ2n) is 5.64. The summed E-state index contributed by atoms with van der Waals surface area (Å²) in [6, 6.07) is 0. The molecule has 0 aliphatic rings. The number of Topliss-reactive ketones (excluding diaryl/α,β-unsaturated/α-hetero) is 1. The highest BCUT2D eigenvalue weighted by atomic mass is 16.6. The largest absolute Gasteiger partial charge is 0.569 e. The van der Waals surface area contributed by atoms with Gasteiger partial charge in [0.05, 0.1) is 38.3 Å². The number of rotatable bonds is 15. The summed E-state index contributed by atoms with van der Waals surface area (Å²) in [7, 11) is 1.22. The van der Waals surface area contributed by atoms with Crippen molar-refractivity contribution >= 4 is 17.7 Å². The molecular formula is C16H29N3O9. The lowest BCUT2D eigenvalue weighted by atomic mass is 10.2. The van der Waals surface area contributed by atoms with Crippen LogP contribution in [0.15, 0.2) is 5.28 Å². The Morgan fingerprint density at radius 2 is 1.75 bits per heavy atom. The summed E-state index contributed by atoms with van der Waals surface area (Å²) in [5.74, 6) is -1.22. The normalized spacial score (nSPS) is 13.5.